The minimum absolute atomic E-state index is 0.0118. The van der Waals surface area contributed by atoms with Crippen LogP contribution in [0.2, 0.25) is 0 Å². The molecule has 3 fully saturated rings. The van der Waals surface area contributed by atoms with Crippen molar-refractivity contribution in [3.05, 3.63) is 53.9 Å². The summed E-state index contributed by atoms with van der Waals surface area (Å²) in [5.41, 5.74) is 1.48. The minimum atomic E-state index is -4.36. The number of halogens is 3. The number of fused-ring (bicyclic) bond motifs is 2. The molecule has 2 aromatic rings. The van der Waals surface area contributed by atoms with E-state index in [0.717, 1.165) is 24.6 Å². The summed E-state index contributed by atoms with van der Waals surface area (Å²) in [7, 11) is 0. The van der Waals surface area contributed by atoms with E-state index >= 15 is 0 Å². The first-order valence-electron chi connectivity index (χ1n) is 12.6. The van der Waals surface area contributed by atoms with Gasteiger partial charge in [-0.15, -0.1) is 0 Å². The van der Waals surface area contributed by atoms with E-state index in [1.165, 1.54) is 37.8 Å². The highest BCUT2D eigenvalue weighted by Gasteiger charge is 2.55. The molecule has 1 unspecified atom stereocenters. The smallest absolute Gasteiger partial charge is 0.416 e. The maximum absolute atomic E-state index is 13.1. The fourth-order valence-corrected chi connectivity index (χ4v) is 7.17. The topological polar surface area (TPSA) is 39.2 Å². The molecule has 182 valence electrons. The highest BCUT2D eigenvalue weighted by atomic mass is 19.4. The van der Waals surface area contributed by atoms with Gasteiger partial charge in [-0.3, -0.25) is 9.78 Å². The van der Waals surface area contributed by atoms with Crippen molar-refractivity contribution in [1.82, 2.24) is 4.98 Å². The molecular formula is C28H32F3NO2. The molecule has 0 amide bonds. The largest absolute Gasteiger partial charge is 0.462 e. The van der Waals surface area contributed by atoms with Crippen molar-refractivity contribution >= 4 is 5.97 Å². The second-order valence-electron chi connectivity index (χ2n) is 10.6. The number of hydrogen-bond donors (Lipinski definition) is 0. The number of pyridine rings is 1. The first kappa shape index (κ1) is 23.4. The van der Waals surface area contributed by atoms with Crippen LogP contribution in [0.1, 0.15) is 57.2 Å². The Hall–Kier alpha value is -2.37. The molecule has 0 spiro atoms. The molecule has 6 heteroatoms. The predicted molar refractivity (Wildman–Crippen MR) is 124 cm³/mol. The molecular weight excluding hydrogens is 439 g/mol. The third-order valence-corrected chi connectivity index (χ3v) is 8.61. The first-order valence-corrected chi connectivity index (χ1v) is 12.6. The number of hydrogen-bond acceptors (Lipinski definition) is 3. The standard InChI is InChI=1S/C28H32F3NO2/c1-16(25-23-9-4-3-6-19(23)14-24-26(25)17(2)34-27(24)33)12-22-11-10-20(15-32-22)18-7-5-8-21(13-18)28(29,30)31/h5,7-8,10-11,13,15-17,19,23-26H,3-4,6,9,12,14H2,1-2H3/t16?,17-,19+,23-,24-,25+,26-/m1/s1. The Bertz CT molecular complexity index is 1030. The third-order valence-electron chi connectivity index (χ3n) is 8.61. The van der Waals surface area contributed by atoms with Crippen molar-refractivity contribution in [1.29, 1.82) is 0 Å². The lowest BCUT2D eigenvalue weighted by Gasteiger charge is -2.49. The molecule has 2 aliphatic carbocycles. The number of rotatable bonds is 4. The molecule has 1 saturated heterocycles. The van der Waals surface area contributed by atoms with Gasteiger partial charge in [0.25, 0.3) is 0 Å². The molecule has 2 saturated carbocycles. The van der Waals surface area contributed by atoms with Gasteiger partial charge in [-0.1, -0.05) is 44.4 Å². The predicted octanol–water partition coefficient (Wildman–Crippen LogP) is 6.95. The molecule has 1 aromatic heterocycles. The van der Waals surface area contributed by atoms with E-state index in [4.69, 9.17) is 4.74 Å². The quantitative estimate of drug-likeness (QED) is 0.453. The average Bonchev–Trinajstić information content (AvgIpc) is 3.10. The first-order chi connectivity index (χ1) is 16.2. The summed E-state index contributed by atoms with van der Waals surface area (Å²) >= 11 is 0. The number of esters is 1. The maximum Gasteiger partial charge on any atom is 0.416 e. The fourth-order valence-electron chi connectivity index (χ4n) is 7.17. The summed E-state index contributed by atoms with van der Waals surface area (Å²) in [6.45, 7) is 4.32. The molecule has 3 aliphatic rings. The second-order valence-corrected chi connectivity index (χ2v) is 10.6. The van der Waals surface area contributed by atoms with Gasteiger partial charge < -0.3 is 4.74 Å². The van der Waals surface area contributed by atoms with Crippen LogP contribution in [-0.4, -0.2) is 17.1 Å². The Morgan fingerprint density at radius 3 is 2.65 bits per heavy atom. The van der Waals surface area contributed by atoms with Gasteiger partial charge in [-0.2, -0.15) is 13.2 Å². The number of aromatic nitrogens is 1. The van der Waals surface area contributed by atoms with E-state index in [9.17, 15) is 18.0 Å². The highest BCUT2D eigenvalue weighted by molar-refractivity contribution is 5.75. The lowest BCUT2D eigenvalue weighted by Crippen LogP contribution is -2.46. The van der Waals surface area contributed by atoms with E-state index in [1.54, 1.807) is 12.3 Å². The van der Waals surface area contributed by atoms with Crippen LogP contribution in [0.4, 0.5) is 13.2 Å². The highest BCUT2D eigenvalue weighted by Crippen LogP contribution is 2.55. The van der Waals surface area contributed by atoms with Gasteiger partial charge in [-0.25, -0.2) is 0 Å². The van der Waals surface area contributed by atoms with Crippen molar-refractivity contribution in [3.63, 3.8) is 0 Å². The lowest BCUT2D eigenvalue weighted by atomic mass is 9.54. The van der Waals surface area contributed by atoms with Crippen LogP contribution < -0.4 is 0 Å². The van der Waals surface area contributed by atoms with E-state index in [0.29, 0.717) is 34.8 Å². The molecule has 0 radical (unpaired) electrons. The zero-order chi connectivity index (χ0) is 24.0. The van der Waals surface area contributed by atoms with Gasteiger partial charge in [0.2, 0.25) is 0 Å². The Morgan fingerprint density at radius 2 is 1.91 bits per heavy atom. The Labute approximate surface area is 199 Å². The van der Waals surface area contributed by atoms with Gasteiger partial charge in [-0.05, 0) is 73.6 Å². The monoisotopic (exact) mass is 471 g/mol. The minimum Gasteiger partial charge on any atom is -0.462 e. The molecule has 1 aliphatic heterocycles. The number of benzene rings is 1. The van der Waals surface area contributed by atoms with Gasteiger partial charge in [0.15, 0.2) is 0 Å². The van der Waals surface area contributed by atoms with Crippen LogP contribution in [0, 0.1) is 35.5 Å². The Morgan fingerprint density at radius 1 is 1.12 bits per heavy atom. The Balaban J connectivity index is 1.35. The van der Waals surface area contributed by atoms with Crippen molar-refractivity contribution in [2.24, 2.45) is 35.5 Å². The van der Waals surface area contributed by atoms with E-state index in [1.807, 2.05) is 19.1 Å². The second kappa shape index (κ2) is 9.01. The zero-order valence-corrected chi connectivity index (χ0v) is 19.7. The normalized spacial score (nSPS) is 32.0. The van der Waals surface area contributed by atoms with E-state index < -0.39 is 11.7 Å². The molecule has 7 atom stereocenters. The lowest BCUT2D eigenvalue weighted by molar-refractivity contribution is -0.144. The summed E-state index contributed by atoms with van der Waals surface area (Å²) in [5.74, 6) is 2.30. The maximum atomic E-state index is 13.1. The molecule has 0 N–H and O–H groups in total. The number of ether oxygens (including phenoxy) is 1. The fraction of sp³-hybridized carbons (Fsp3) is 0.571. The van der Waals surface area contributed by atoms with Crippen LogP contribution in [0.3, 0.4) is 0 Å². The third kappa shape index (κ3) is 4.36. The van der Waals surface area contributed by atoms with Crippen molar-refractivity contribution in [2.75, 3.05) is 0 Å². The van der Waals surface area contributed by atoms with Gasteiger partial charge >= 0.3 is 12.1 Å². The number of carbonyl (C=O) groups excluding carboxylic acids is 1. The molecule has 5 rings (SSSR count). The summed E-state index contributed by atoms with van der Waals surface area (Å²) in [4.78, 5) is 17.2. The van der Waals surface area contributed by atoms with Crippen LogP contribution >= 0.6 is 0 Å². The zero-order valence-electron chi connectivity index (χ0n) is 19.7. The summed E-state index contributed by atoms with van der Waals surface area (Å²) in [5, 5.41) is 0. The Kier molecular flexibility index (Phi) is 6.19. The van der Waals surface area contributed by atoms with Crippen molar-refractivity contribution < 1.29 is 22.7 Å². The van der Waals surface area contributed by atoms with Crippen molar-refractivity contribution in [2.45, 2.75) is 64.7 Å². The molecule has 3 nitrogen and oxygen atoms in total. The number of nitrogens with zero attached hydrogens (tertiary/aromatic N) is 1. The number of carbonyl (C=O) groups is 1. The van der Waals surface area contributed by atoms with E-state index in [2.05, 4.69) is 11.9 Å². The summed E-state index contributed by atoms with van der Waals surface area (Å²) in [6.07, 6.45) is 3.99. The van der Waals surface area contributed by atoms with Crippen molar-refractivity contribution in [3.8, 4) is 11.1 Å². The molecule has 1 aromatic carbocycles. The summed E-state index contributed by atoms with van der Waals surface area (Å²) in [6, 6.07) is 9.16. The average molecular weight is 472 g/mol. The molecule has 34 heavy (non-hydrogen) atoms. The SMILES string of the molecule is CC(Cc1ccc(-c2cccc(C(F)(F)F)c2)cn1)[C@H]1[C@@H]2CCCC[C@H]2C[C@H]2C(=O)O[C@H](C)[C@@H]12. The van der Waals surface area contributed by atoms with Crippen LogP contribution in [0.5, 0.6) is 0 Å². The number of cyclic esters (lactones) is 1. The van der Waals surface area contributed by atoms with Gasteiger partial charge in [0.1, 0.15) is 6.10 Å². The van der Waals surface area contributed by atoms with Crippen LogP contribution in [-0.2, 0) is 22.1 Å². The van der Waals surface area contributed by atoms with Gasteiger partial charge in [0.05, 0.1) is 11.5 Å². The number of alkyl halides is 3. The van der Waals surface area contributed by atoms with Crippen LogP contribution in [0.25, 0.3) is 11.1 Å². The van der Waals surface area contributed by atoms with E-state index in [-0.39, 0.29) is 23.9 Å². The molecule has 2 heterocycles. The summed E-state index contributed by atoms with van der Waals surface area (Å²) < 4.78 is 45.0. The van der Waals surface area contributed by atoms with Crippen LogP contribution in [0.15, 0.2) is 42.6 Å². The molecule has 0 bridgehead atoms. The van der Waals surface area contributed by atoms with Gasteiger partial charge in [0, 0.05) is 23.4 Å².